The molecule has 0 spiro atoms. The third-order valence-corrected chi connectivity index (χ3v) is 3.93. The maximum absolute atomic E-state index is 12.5. The van der Waals surface area contributed by atoms with Crippen LogP contribution in [0.4, 0.5) is 0 Å². The number of ether oxygens (including phenoxy) is 2. The van der Waals surface area contributed by atoms with E-state index in [0.29, 0.717) is 36.3 Å². The van der Waals surface area contributed by atoms with Crippen LogP contribution in [0.2, 0.25) is 0 Å². The topological polar surface area (TPSA) is 59.6 Å². The molecule has 0 saturated carbocycles. The van der Waals surface area contributed by atoms with Crippen molar-refractivity contribution in [2.75, 3.05) is 19.8 Å². The van der Waals surface area contributed by atoms with Gasteiger partial charge in [0.2, 0.25) is 0 Å². The smallest absolute Gasteiger partial charge is 0.251 e. The summed E-state index contributed by atoms with van der Waals surface area (Å²) in [6, 6.07) is 6.06. The Kier molecular flexibility index (Phi) is 8.93. The van der Waals surface area contributed by atoms with Gasteiger partial charge in [0.1, 0.15) is 0 Å². The predicted octanol–water partition coefficient (Wildman–Crippen LogP) is 3.17. The van der Waals surface area contributed by atoms with Gasteiger partial charge in [-0.3, -0.25) is 4.79 Å². The fourth-order valence-corrected chi connectivity index (χ4v) is 2.78. The molecule has 1 amide bonds. The number of hydrogen-bond acceptors (Lipinski definition) is 4. The molecule has 2 rings (SSSR count). The lowest BCUT2D eigenvalue weighted by molar-refractivity contribution is 0.0925. The summed E-state index contributed by atoms with van der Waals surface area (Å²) in [6.07, 6.45) is 2.86. The van der Waals surface area contributed by atoms with E-state index in [1.54, 1.807) is 12.1 Å². The van der Waals surface area contributed by atoms with Gasteiger partial charge in [0.15, 0.2) is 11.5 Å². The van der Waals surface area contributed by atoms with Crippen molar-refractivity contribution >= 4 is 18.3 Å². The Morgan fingerprint density at radius 3 is 2.75 bits per heavy atom. The summed E-state index contributed by atoms with van der Waals surface area (Å²) in [5.74, 6) is 1.28. The van der Waals surface area contributed by atoms with Gasteiger partial charge in [0.25, 0.3) is 5.91 Å². The van der Waals surface area contributed by atoms with E-state index in [2.05, 4.69) is 24.5 Å². The Morgan fingerprint density at radius 1 is 1.29 bits per heavy atom. The molecule has 2 N–H and O–H groups in total. The van der Waals surface area contributed by atoms with Gasteiger partial charge in [-0.15, -0.1) is 12.4 Å². The first kappa shape index (κ1) is 20.6. The minimum atomic E-state index is -0.0490. The molecule has 0 aromatic heterocycles. The van der Waals surface area contributed by atoms with Gasteiger partial charge in [0, 0.05) is 17.6 Å². The summed E-state index contributed by atoms with van der Waals surface area (Å²) < 4.78 is 11.3. The fraction of sp³-hybridized carbons (Fsp3) is 0.611. The molecule has 136 valence electrons. The molecule has 2 atom stereocenters. The van der Waals surface area contributed by atoms with Crippen molar-refractivity contribution in [3.8, 4) is 11.5 Å². The number of piperidine rings is 1. The maximum Gasteiger partial charge on any atom is 0.251 e. The van der Waals surface area contributed by atoms with Crippen molar-refractivity contribution in [1.29, 1.82) is 0 Å². The highest BCUT2D eigenvalue weighted by Crippen LogP contribution is 2.28. The van der Waals surface area contributed by atoms with Gasteiger partial charge in [0.05, 0.1) is 13.2 Å². The van der Waals surface area contributed by atoms with Crippen LogP contribution in [0.25, 0.3) is 0 Å². The van der Waals surface area contributed by atoms with E-state index in [0.717, 1.165) is 25.8 Å². The van der Waals surface area contributed by atoms with Crippen LogP contribution in [0.3, 0.4) is 0 Å². The second-order valence-electron chi connectivity index (χ2n) is 5.99. The van der Waals surface area contributed by atoms with Gasteiger partial charge in [-0.05, 0) is 57.9 Å². The average Bonchev–Trinajstić information content (AvgIpc) is 2.54. The van der Waals surface area contributed by atoms with Crippen LogP contribution in [0.5, 0.6) is 11.5 Å². The normalized spacial score (nSPS) is 20.0. The second-order valence-corrected chi connectivity index (χ2v) is 5.99. The van der Waals surface area contributed by atoms with Crippen molar-refractivity contribution in [2.24, 2.45) is 0 Å². The number of hydrogen-bond donors (Lipinski definition) is 2. The second kappa shape index (κ2) is 10.4. The Morgan fingerprint density at radius 2 is 2.08 bits per heavy atom. The summed E-state index contributed by atoms with van der Waals surface area (Å²) in [5.41, 5.74) is 0.614. The van der Waals surface area contributed by atoms with Crippen molar-refractivity contribution in [2.45, 2.75) is 52.1 Å². The van der Waals surface area contributed by atoms with Crippen LogP contribution in [-0.4, -0.2) is 37.7 Å². The zero-order chi connectivity index (χ0) is 16.7. The predicted molar refractivity (Wildman–Crippen MR) is 98.6 cm³/mol. The minimum Gasteiger partial charge on any atom is -0.490 e. The summed E-state index contributed by atoms with van der Waals surface area (Å²) in [4.78, 5) is 12.5. The third-order valence-electron chi connectivity index (χ3n) is 3.93. The van der Waals surface area contributed by atoms with E-state index in [1.807, 2.05) is 13.0 Å². The van der Waals surface area contributed by atoms with Crippen molar-refractivity contribution in [3.05, 3.63) is 23.8 Å². The van der Waals surface area contributed by atoms with Crippen LogP contribution in [-0.2, 0) is 0 Å². The Bertz CT molecular complexity index is 525. The Balaban J connectivity index is 0.00000288. The molecule has 1 heterocycles. The zero-order valence-electron chi connectivity index (χ0n) is 14.8. The first-order valence-corrected chi connectivity index (χ1v) is 8.57. The van der Waals surface area contributed by atoms with E-state index < -0.39 is 0 Å². The molecule has 1 fully saturated rings. The molecule has 1 aromatic carbocycles. The highest BCUT2D eigenvalue weighted by Gasteiger charge is 2.21. The standard InChI is InChI=1S/C18H28N2O3.ClH/c1-4-10-23-16-7-6-14(12-17(16)22-5-2)18(21)20-15-8-9-19-13(3)11-15;/h6-7,12-13,15,19H,4-5,8-11H2,1-3H3,(H,20,21);1H. The summed E-state index contributed by atoms with van der Waals surface area (Å²) in [6.45, 7) is 8.25. The molecule has 0 radical (unpaired) electrons. The number of halogens is 1. The molecule has 5 nitrogen and oxygen atoms in total. The van der Waals surface area contributed by atoms with Crippen LogP contribution in [0.15, 0.2) is 18.2 Å². The van der Waals surface area contributed by atoms with Crippen LogP contribution in [0, 0.1) is 0 Å². The number of benzene rings is 1. The van der Waals surface area contributed by atoms with Gasteiger partial charge >= 0.3 is 0 Å². The molecule has 2 unspecified atom stereocenters. The fourth-order valence-electron chi connectivity index (χ4n) is 2.78. The lowest BCUT2D eigenvalue weighted by atomic mass is 10.0. The lowest BCUT2D eigenvalue weighted by Gasteiger charge is -2.28. The molecule has 1 saturated heterocycles. The quantitative estimate of drug-likeness (QED) is 0.787. The zero-order valence-corrected chi connectivity index (χ0v) is 15.6. The molecule has 0 aliphatic carbocycles. The van der Waals surface area contributed by atoms with E-state index in [1.165, 1.54) is 0 Å². The van der Waals surface area contributed by atoms with E-state index in [-0.39, 0.29) is 24.4 Å². The largest absolute Gasteiger partial charge is 0.490 e. The van der Waals surface area contributed by atoms with Crippen LogP contribution < -0.4 is 20.1 Å². The maximum atomic E-state index is 12.5. The molecule has 1 aliphatic rings. The number of carbonyl (C=O) groups is 1. The number of amides is 1. The van der Waals surface area contributed by atoms with E-state index in [9.17, 15) is 4.79 Å². The van der Waals surface area contributed by atoms with E-state index in [4.69, 9.17) is 9.47 Å². The third kappa shape index (κ3) is 5.87. The summed E-state index contributed by atoms with van der Waals surface area (Å²) in [7, 11) is 0. The summed E-state index contributed by atoms with van der Waals surface area (Å²) >= 11 is 0. The first-order valence-electron chi connectivity index (χ1n) is 8.57. The molecular formula is C18H29ClN2O3. The summed E-state index contributed by atoms with van der Waals surface area (Å²) in [5, 5.41) is 6.51. The van der Waals surface area contributed by atoms with E-state index >= 15 is 0 Å². The SMILES string of the molecule is CCCOc1ccc(C(=O)NC2CCNC(C)C2)cc1OCC.Cl. The van der Waals surface area contributed by atoms with Crippen LogP contribution in [0.1, 0.15) is 50.4 Å². The number of rotatable bonds is 7. The minimum absolute atomic E-state index is 0. The van der Waals surface area contributed by atoms with Crippen molar-refractivity contribution in [3.63, 3.8) is 0 Å². The van der Waals surface area contributed by atoms with Crippen molar-refractivity contribution < 1.29 is 14.3 Å². The van der Waals surface area contributed by atoms with Crippen LogP contribution >= 0.6 is 12.4 Å². The highest BCUT2D eigenvalue weighted by atomic mass is 35.5. The Labute approximate surface area is 150 Å². The molecule has 1 aromatic rings. The molecule has 24 heavy (non-hydrogen) atoms. The lowest BCUT2D eigenvalue weighted by Crippen LogP contribution is -2.46. The average molecular weight is 357 g/mol. The van der Waals surface area contributed by atoms with Crippen molar-refractivity contribution in [1.82, 2.24) is 10.6 Å². The number of carbonyl (C=O) groups excluding carboxylic acids is 1. The molecule has 1 aliphatic heterocycles. The van der Waals surface area contributed by atoms with Gasteiger partial charge in [-0.2, -0.15) is 0 Å². The van der Waals surface area contributed by atoms with Gasteiger partial charge in [-0.1, -0.05) is 6.92 Å². The Hall–Kier alpha value is -1.46. The van der Waals surface area contributed by atoms with Gasteiger partial charge < -0.3 is 20.1 Å². The van der Waals surface area contributed by atoms with Gasteiger partial charge in [-0.25, -0.2) is 0 Å². The number of nitrogens with one attached hydrogen (secondary N) is 2. The monoisotopic (exact) mass is 356 g/mol. The molecule has 0 bridgehead atoms. The molecular weight excluding hydrogens is 328 g/mol. The molecule has 6 heteroatoms. The highest BCUT2D eigenvalue weighted by molar-refractivity contribution is 5.95. The first-order chi connectivity index (χ1) is 11.1.